The smallest absolute Gasteiger partial charge is 0.370 e. The van der Waals surface area contributed by atoms with Crippen LogP contribution < -0.4 is 0 Å². The quantitative estimate of drug-likeness (QED) is 0.486. The van der Waals surface area contributed by atoms with E-state index in [4.69, 9.17) is 13.3 Å². The second kappa shape index (κ2) is 8.46. The topological polar surface area (TPSA) is 27.7 Å². The summed E-state index contributed by atoms with van der Waals surface area (Å²) in [5, 5.41) is 0. The van der Waals surface area contributed by atoms with Crippen molar-refractivity contribution < 1.29 is 13.3 Å². The van der Waals surface area contributed by atoms with Gasteiger partial charge in [0, 0.05) is 23.9 Å². The van der Waals surface area contributed by atoms with E-state index in [9.17, 15) is 0 Å². The van der Waals surface area contributed by atoms with Crippen LogP contribution in [0.2, 0.25) is 5.54 Å². The molecule has 6 atom stereocenters. The van der Waals surface area contributed by atoms with Gasteiger partial charge in [-0.3, -0.25) is 0 Å². The van der Waals surface area contributed by atoms with Crippen LogP contribution in [0.4, 0.5) is 0 Å². The molecule has 6 unspecified atom stereocenters. The van der Waals surface area contributed by atoms with Crippen LogP contribution in [-0.2, 0) is 13.3 Å². The summed E-state index contributed by atoms with van der Waals surface area (Å²) in [4.78, 5) is 0. The Morgan fingerprint density at radius 1 is 0.783 bits per heavy atom. The molecular weight excluding hydrogens is 304 g/mol. The molecule has 2 saturated carbocycles. The number of fused-ring (bicyclic) bond motifs is 2. The van der Waals surface area contributed by atoms with Crippen molar-refractivity contribution in [3.63, 3.8) is 0 Å². The summed E-state index contributed by atoms with van der Waals surface area (Å²) in [6, 6.07) is 0. The third-order valence-electron chi connectivity index (χ3n) is 6.01. The highest BCUT2D eigenvalue weighted by atomic mass is 28.4. The van der Waals surface area contributed by atoms with Gasteiger partial charge in [0.25, 0.3) is 0 Å². The van der Waals surface area contributed by atoms with Crippen molar-refractivity contribution in [2.75, 3.05) is 0 Å². The first-order valence-corrected chi connectivity index (χ1v) is 11.8. The Bertz CT molecular complexity index is 331. The molecule has 0 aromatic heterocycles. The van der Waals surface area contributed by atoms with Crippen LogP contribution in [-0.4, -0.2) is 27.1 Å². The van der Waals surface area contributed by atoms with Gasteiger partial charge in [0.15, 0.2) is 0 Å². The van der Waals surface area contributed by atoms with E-state index in [-0.39, 0.29) is 18.3 Å². The highest BCUT2D eigenvalue weighted by Crippen LogP contribution is 2.56. The Kier molecular flexibility index (Phi) is 7.14. The van der Waals surface area contributed by atoms with Crippen molar-refractivity contribution >= 4 is 8.80 Å². The fourth-order valence-electron chi connectivity index (χ4n) is 4.11. The molecule has 2 aliphatic rings. The van der Waals surface area contributed by atoms with Crippen LogP contribution in [0.15, 0.2) is 0 Å². The van der Waals surface area contributed by atoms with Crippen molar-refractivity contribution in [2.45, 2.75) is 110 Å². The van der Waals surface area contributed by atoms with E-state index >= 15 is 0 Å². The fraction of sp³-hybridized carbons (Fsp3) is 1.00. The average molecular weight is 343 g/mol. The lowest BCUT2D eigenvalue weighted by Gasteiger charge is -2.42. The van der Waals surface area contributed by atoms with Crippen molar-refractivity contribution in [3.8, 4) is 0 Å². The first-order valence-electron chi connectivity index (χ1n) is 9.97. The van der Waals surface area contributed by atoms with Crippen LogP contribution >= 0.6 is 0 Å². The Morgan fingerprint density at radius 3 is 1.57 bits per heavy atom. The molecule has 136 valence electrons. The highest BCUT2D eigenvalue weighted by Gasteiger charge is 2.59. The maximum Gasteiger partial charge on any atom is 0.505 e. The average Bonchev–Trinajstić information content (AvgIpc) is 3.17. The lowest BCUT2D eigenvalue weighted by molar-refractivity contribution is -0.0227. The predicted octanol–water partition coefficient (Wildman–Crippen LogP) is 5.56. The minimum atomic E-state index is -2.67. The maximum absolute atomic E-state index is 6.66. The summed E-state index contributed by atoms with van der Waals surface area (Å²) in [5.41, 5.74) is 0.526. The number of hydrogen-bond donors (Lipinski definition) is 0. The molecule has 0 spiro atoms. The molecule has 0 amide bonds. The number of rotatable bonds is 10. The van der Waals surface area contributed by atoms with Crippen molar-refractivity contribution in [2.24, 2.45) is 11.8 Å². The van der Waals surface area contributed by atoms with Gasteiger partial charge in [-0.25, -0.2) is 0 Å². The Labute approximate surface area is 144 Å². The molecule has 2 rings (SSSR count). The van der Waals surface area contributed by atoms with E-state index in [1.54, 1.807) is 0 Å². The van der Waals surface area contributed by atoms with E-state index < -0.39 is 8.80 Å². The molecule has 0 heterocycles. The second-order valence-electron chi connectivity index (χ2n) is 7.90. The zero-order valence-corrected chi connectivity index (χ0v) is 17.1. The molecule has 2 aliphatic carbocycles. The van der Waals surface area contributed by atoms with Gasteiger partial charge in [-0.05, 0) is 71.1 Å². The lowest BCUT2D eigenvalue weighted by Crippen LogP contribution is -2.56. The summed E-state index contributed by atoms with van der Waals surface area (Å²) >= 11 is 0. The summed E-state index contributed by atoms with van der Waals surface area (Å²) < 4.78 is 20.0. The summed E-state index contributed by atoms with van der Waals surface area (Å²) in [5.74, 6) is 1.65. The minimum Gasteiger partial charge on any atom is -0.370 e. The van der Waals surface area contributed by atoms with Crippen LogP contribution in [0.5, 0.6) is 0 Å². The largest absolute Gasteiger partial charge is 0.505 e. The third-order valence-corrected chi connectivity index (χ3v) is 9.82. The van der Waals surface area contributed by atoms with Gasteiger partial charge in [0.2, 0.25) is 0 Å². The van der Waals surface area contributed by atoms with Crippen LogP contribution in [0.1, 0.15) is 86.5 Å². The molecular formula is C19H38O3Si. The van der Waals surface area contributed by atoms with Gasteiger partial charge in [0.05, 0.1) is 0 Å². The molecule has 4 heteroatoms. The monoisotopic (exact) mass is 342 g/mol. The predicted molar refractivity (Wildman–Crippen MR) is 97.5 cm³/mol. The SMILES string of the molecule is CCC(C)O[Si](OC(C)CC)(OC(C)CC)C1CC2CCC1C2. The van der Waals surface area contributed by atoms with Crippen molar-refractivity contribution in [1.29, 1.82) is 0 Å². The fourth-order valence-corrected chi connectivity index (χ4v) is 8.49. The van der Waals surface area contributed by atoms with E-state index in [1.165, 1.54) is 25.7 Å². The minimum absolute atomic E-state index is 0.217. The van der Waals surface area contributed by atoms with Crippen molar-refractivity contribution in [3.05, 3.63) is 0 Å². The summed E-state index contributed by atoms with van der Waals surface area (Å²) in [6.45, 7) is 13.1. The van der Waals surface area contributed by atoms with Crippen LogP contribution in [0.3, 0.4) is 0 Å². The molecule has 0 radical (unpaired) electrons. The zero-order chi connectivity index (χ0) is 17.0. The molecule has 23 heavy (non-hydrogen) atoms. The van der Waals surface area contributed by atoms with Gasteiger partial charge < -0.3 is 13.3 Å². The normalized spacial score (nSPS) is 33.4. The van der Waals surface area contributed by atoms with Gasteiger partial charge in [-0.1, -0.05) is 27.2 Å². The zero-order valence-electron chi connectivity index (χ0n) is 16.1. The Morgan fingerprint density at radius 2 is 1.26 bits per heavy atom. The summed E-state index contributed by atoms with van der Waals surface area (Å²) in [6.07, 6.45) is 9.09. The van der Waals surface area contributed by atoms with Crippen molar-refractivity contribution in [1.82, 2.24) is 0 Å². The first-order chi connectivity index (χ1) is 10.9. The molecule has 2 bridgehead atoms. The Balaban J connectivity index is 2.27. The third kappa shape index (κ3) is 4.59. The van der Waals surface area contributed by atoms with E-state index in [0.29, 0.717) is 5.54 Å². The highest BCUT2D eigenvalue weighted by molar-refractivity contribution is 6.62. The molecule has 0 aliphatic heterocycles. The molecule has 0 N–H and O–H groups in total. The maximum atomic E-state index is 6.66. The second-order valence-corrected chi connectivity index (χ2v) is 10.6. The molecule has 0 aromatic rings. The van der Waals surface area contributed by atoms with Gasteiger partial charge in [0.1, 0.15) is 0 Å². The van der Waals surface area contributed by atoms with Gasteiger partial charge in [-0.2, -0.15) is 0 Å². The molecule has 0 aromatic carbocycles. The van der Waals surface area contributed by atoms with E-state index in [0.717, 1.165) is 31.1 Å². The van der Waals surface area contributed by atoms with Crippen LogP contribution in [0.25, 0.3) is 0 Å². The van der Waals surface area contributed by atoms with E-state index in [2.05, 4.69) is 41.5 Å². The summed E-state index contributed by atoms with van der Waals surface area (Å²) in [7, 11) is -2.67. The molecule has 2 fully saturated rings. The number of hydrogen-bond acceptors (Lipinski definition) is 3. The molecule has 3 nitrogen and oxygen atoms in total. The Hall–Kier alpha value is 0.0969. The molecule has 0 saturated heterocycles. The standard InChI is InChI=1S/C19H38O3Si/c1-7-14(4)20-23(21-15(5)8-2,22-16(6)9-3)19-13-17-10-11-18(19)12-17/h14-19H,7-13H2,1-6H3. The van der Waals surface area contributed by atoms with Gasteiger partial charge in [-0.15, -0.1) is 0 Å². The van der Waals surface area contributed by atoms with Crippen LogP contribution in [0, 0.1) is 11.8 Å². The first kappa shape index (κ1) is 19.4. The lowest BCUT2D eigenvalue weighted by atomic mass is 10.0. The van der Waals surface area contributed by atoms with Gasteiger partial charge >= 0.3 is 8.80 Å². The van der Waals surface area contributed by atoms with E-state index in [1.807, 2.05) is 0 Å².